The molecular weight excluding hydrogens is 490 g/mol. The zero-order valence-corrected chi connectivity index (χ0v) is 20.6. The maximum absolute atomic E-state index is 13.7. The molecule has 4 aromatic rings. The normalized spacial score (nSPS) is 11.3. The van der Waals surface area contributed by atoms with E-state index in [1.165, 1.54) is 31.4 Å². The highest BCUT2D eigenvalue weighted by Gasteiger charge is 2.27. The van der Waals surface area contributed by atoms with Gasteiger partial charge in [0.25, 0.3) is 0 Å². The van der Waals surface area contributed by atoms with E-state index in [2.05, 4.69) is 16.4 Å². The summed E-state index contributed by atoms with van der Waals surface area (Å²) in [6, 6.07) is 22.6. The number of carbonyl (C=O) groups excluding carboxylic acids is 1. The Balaban J connectivity index is 1.82. The molecule has 0 bridgehead atoms. The van der Waals surface area contributed by atoms with Crippen molar-refractivity contribution in [2.45, 2.75) is 12.3 Å². The summed E-state index contributed by atoms with van der Waals surface area (Å²) in [4.78, 5) is 29.0. The summed E-state index contributed by atoms with van der Waals surface area (Å²) in [6.07, 6.45) is 3.48. The van der Waals surface area contributed by atoms with Gasteiger partial charge in [-0.15, -0.1) is 0 Å². The molecule has 1 heterocycles. The number of carboxylic acids is 1. The van der Waals surface area contributed by atoms with Crippen molar-refractivity contribution in [3.8, 4) is 22.9 Å². The molecule has 4 rings (SSSR count). The van der Waals surface area contributed by atoms with Crippen LogP contribution in [0.1, 0.15) is 33.0 Å². The summed E-state index contributed by atoms with van der Waals surface area (Å²) in [6.45, 7) is 0. The van der Waals surface area contributed by atoms with Gasteiger partial charge in [0.05, 0.1) is 24.2 Å². The van der Waals surface area contributed by atoms with Gasteiger partial charge in [0.15, 0.2) is 0 Å². The largest absolute Gasteiger partial charge is 0.496 e. The smallest absolute Gasteiger partial charge is 0.335 e. The third-order valence-electron chi connectivity index (χ3n) is 5.91. The molecule has 8 heteroatoms. The lowest BCUT2D eigenvalue weighted by Gasteiger charge is -2.21. The Hall–Kier alpha value is -4.67. The number of benzene rings is 3. The predicted octanol–water partition coefficient (Wildman–Crippen LogP) is 5.95. The molecule has 0 aliphatic carbocycles. The second-order valence-corrected chi connectivity index (χ2v) is 8.66. The van der Waals surface area contributed by atoms with Crippen molar-refractivity contribution in [1.82, 2.24) is 4.98 Å². The van der Waals surface area contributed by atoms with Crippen molar-refractivity contribution in [3.05, 3.63) is 112 Å². The first-order valence-corrected chi connectivity index (χ1v) is 11.7. The number of ether oxygens (including phenoxy) is 1. The van der Waals surface area contributed by atoms with Crippen LogP contribution in [0.3, 0.4) is 0 Å². The molecule has 0 fully saturated rings. The minimum Gasteiger partial charge on any atom is -0.496 e. The van der Waals surface area contributed by atoms with Crippen molar-refractivity contribution in [2.75, 3.05) is 12.4 Å². The third kappa shape index (κ3) is 5.77. The molecule has 1 atom stereocenters. The van der Waals surface area contributed by atoms with E-state index < -0.39 is 11.9 Å². The van der Waals surface area contributed by atoms with E-state index >= 15 is 0 Å². The lowest BCUT2D eigenvalue weighted by atomic mass is 9.85. The van der Waals surface area contributed by atoms with Gasteiger partial charge in [0.1, 0.15) is 11.8 Å². The number of carbonyl (C=O) groups is 2. The summed E-state index contributed by atoms with van der Waals surface area (Å²) in [5, 5.41) is 22.6. The summed E-state index contributed by atoms with van der Waals surface area (Å²) >= 11 is 6.53. The van der Waals surface area contributed by atoms with E-state index in [0.717, 1.165) is 5.56 Å². The van der Waals surface area contributed by atoms with Crippen LogP contribution in [0.4, 0.5) is 5.69 Å². The molecule has 0 saturated heterocycles. The fourth-order valence-corrected chi connectivity index (χ4v) is 4.35. The second-order valence-electron chi connectivity index (χ2n) is 8.22. The van der Waals surface area contributed by atoms with Crippen molar-refractivity contribution >= 4 is 29.2 Å². The van der Waals surface area contributed by atoms with Gasteiger partial charge >= 0.3 is 5.97 Å². The summed E-state index contributed by atoms with van der Waals surface area (Å²) < 4.78 is 5.47. The standard InChI is InChI=1S/C29H22ClN3O4/c1-37-27-11-12-32-17-26(27)23-15-20(30)14-22(25(23)16-31)24(13-18-5-3-2-4-6-18)28(34)33-21-9-7-19(8-10-21)29(35)36/h2-12,14-15,17,24H,13H2,1H3,(H,33,34)(H,35,36). The number of methoxy groups -OCH3 is 1. The molecule has 1 amide bonds. The molecular formula is C29H22ClN3O4. The lowest BCUT2D eigenvalue weighted by molar-refractivity contribution is -0.117. The number of nitriles is 1. The number of amides is 1. The fourth-order valence-electron chi connectivity index (χ4n) is 4.12. The number of rotatable bonds is 8. The van der Waals surface area contributed by atoms with E-state index in [1.54, 1.807) is 30.6 Å². The SMILES string of the molecule is COc1ccncc1-c1cc(Cl)cc(C(Cc2ccccc2)C(=O)Nc2ccc(C(=O)O)cc2)c1C#N. The number of hydrogen-bond donors (Lipinski definition) is 2. The number of nitrogens with one attached hydrogen (secondary N) is 1. The minimum absolute atomic E-state index is 0.107. The average Bonchev–Trinajstić information content (AvgIpc) is 2.92. The Morgan fingerprint density at radius 2 is 1.81 bits per heavy atom. The van der Waals surface area contributed by atoms with Gasteiger partial charge < -0.3 is 15.2 Å². The summed E-state index contributed by atoms with van der Waals surface area (Å²) in [7, 11) is 1.53. The van der Waals surface area contributed by atoms with Crippen molar-refractivity contribution < 1.29 is 19.4 Å². The third-order valence-corrected chi connectivity index (χ3v) is 6.13. The van der Waals surface area contributed by atoms with E-state index in [-0.39, 0.29) is 17.0 Å². The molecule has 37 heavy (non-hydrogen) atoms. The number of halogens is 1. The monoisotopic (exact) mass is 511 g/mol. The molecule has 3 aromatic carbocycles. The van der Waals surface area contributed by atoms with Crippen LogP contribution in [-0.4, -0.2) is 29.1 Å². The van der Waals surface area contributed by atoms with Gasteiger partial charge in [-0.3, -0.25) is 9.78 Å². The Kier molecular flexibility index (Phi) is 7.82. The number of aromatic carboxylic acids is 1. The van der Waals surface area contributed by atoms with Crippen LogP contribution < -0.4 is 10.1 Å². The number of pyridine rings is 1. The van der Waals surface area contributed by atoms with Crippen molar-refractivity contribution in [2.24, 2.45) is 0 Å². The van der Waals surface area contributed by atoms with Gasteiger partial charge in [0, 0.05) is 34.2 Å². The first-order valence-electron chi connectivity index (χ1n) is 11.3. The summed E-state index contributed by atoms with van der Waals surface area (Å²) in [5.41, 5.74) is 3.26. The zero-order valence-electron chi connectivity index (χ0n) is 19.8. The van der Waals surface area contributed by atoms with Gasteiger partial charge in [-0.1, -0.05) is 41.9 Å². The van der Waals surface area contributed by atoms with E-state index in [0.29, 0.717) is 39.6 Å². The highest BCUT2D eigenvalue weighted by atomic mass is 35.5. The number of anilines is 1. The first kappa shape index (κ1) is 25.4. The van der Waals surface area contributed by atoms with Crippen LogP contribution in [-0.2, 0) is 11.2 Å². The molecule has 0 aliphatic rings. The van der Waals surface area contributed by atoms with Crippen LogP contribution in [0.5, 0.6) is 5.75 Å². The van der Waals surface area contributed by atoms with Crippen LogP contribution in [0.25, 0.3) is 11.1 Å². The van der Waals surface area contributed by atoms with Gasteiger partial charge in [-0.05, 0) is 60.0 Å². The molecule has 0 aliphatic heterocycles. The number of hydrogen-bond acceptors (Lipinski definition) is 5. The van der Waals surface area contributed by atoms with Crippen molar-refractivity contribution in [1.29, 1.82) is 5.26 Å². The molecule has 7 nitrogen and oxygen atoms in total. The molecule has 0 spiro atoms. The predicted molar refractivity (Wildman–Crippen MR) is 141 cm³/mol. The van der Waals surface area contributed by atoms with E-state index in [1.807, 2.05) is 30.3 Å². The highest BCUT2D eigenvalue weighted by molar-refractivity contribution is 6.31. The van der Waals surface area contributed by atoms with Crippen LogP contribution in [0.2, 0.25) is 5.02 Å². The first-order chi connectivity index (χ1) is 17.9. The zero-order chi connectivity index (χ0) is 26.4. The summed E-state index contributed by atoms with van der Waals surface area (Å²) in [5.74, 6) is -1.69. The highest BCUT2D eigenvalue weighted by Crippen LogP contribution is 2.38. The maximum atomic E-state index is 13.7. The molecule has 184 valence electrons. The maximum Gasteiger partial charge on any atom is 0.335 e. The molecule has 1 aromatic heterocycles. The number of aromatic nitrogens is 1. The fraction of sp³-hybridized carbons (Fsp3) is 0.103. The molecule has 0 radical (unpaired) electrons. The quantitative estimate of drug-likeness (QED) is 0.302. The van der Waals surface area contributed by atoms with Gasteiger partial charge in [-0.2, -0.15) is 5.26 Å². The Labute approximate surface area is 218 Å². The molecule has 1 unspecified atom stereocenters. The van der Waals surface area contributed by atoms with E-state index in [4.69, 9.17) is 21.4 Å². The Bertz CT molecular complexity index is 1480. The van der Waals surface area contributed by atoms with Gasteiger partial charge in [0.2, 0.25) is 5.91 Å². The lowest BCUT2D eigenvalue weighted by Crippen LogP contribution is -2.24. The topological polar surface area (TPSA) is 112 Å². The van der Waals surface area contributed by atoms with Crippen molar-refractivity contribution in [3.63, 3.8) is 0 Å². The number of carboxylic acid groups (broad SMARTS) is 1. The Morgan fingerprint density at radius 3 is 2.46 bits per heavy atom. The molecule has 0 saturated carbocycles. The average molecular weight is 512 g/mol. The van der Waals surface area contributed by atoms with Crippen LogP contribution in [0.15, 0.2) is 85.2 Å². The second kappa shape index (κ2) is 11.4. The van der Waals surface area contributed by atoms with Crippen LogP contribution in [0, 0.1) is 11.3 Å². The van der Waals surface area contributed by atoms with Crippen LogP contribution >= 0.6 is 11.6 Å². The number of nitrogens with zero attached hydrogens (tertiary/aromatic N) is 2. The minimum atomic E-state index is -1.06. The molecule has 2 N–H and O–H groups in total. The van der Waals surface area contributed by atoms with Gasteiger partial charge in [-0.25, -0.2) is 4.79 Å². The Morgan fingerprint density at radius 1 is 1.08 bits per heavy atom. The van der Waals surface area contributed by atoms with E-state index in [9.17, 15) is 14.9 Å².